The predicted molar refractivity (Wildman–Crippen MR) is 69.6 cm³/mol. The summed E-state index contributed by atoms with van der Waals surface area (Å²) in [6, 6.07) is 2.20. The molecule has 1 aromatic carbocycles. The van der Waals surface area contributed by atoms with E-state index in [1.165, 1.54) is 13.0 Å². The molecule has 2 N–H and O–H groups in total. The van der Waals surface area contributed by atoms with Gasteiger partial charge >= 0.3 is 5.97 Å². The molecule has 19 heavy (non-hydrogen) atoms. The van der Waals surface area contributed by atoms with E-state index in [2.05, 4.69) is 0 Å². The molecule has 0 amide bonds. The van der Waals surface area contributed by atoms with E-state index in [9.17, 15) is 13.6 Å². The van der Waals surface area contributed by atoms with Crippen LogP contribution in [-0.2, 0) is 14.9 Å². The Hall–Kier alpha value is -1.65. The van der Waals surface area contributed by atoms with Crippen LogP contribution in [-0.4, -0.2) is 12.6 Å². The Kier molecular flexibility index (Phi) is 4.50. The predicted octanol–water partition coefficient (Wildman–Crippen LogP) is 3.02. The third kappa shape index (κ3) is 2.55. The minimum Gasteiger partial charge on any atom is -0.465 e. The summed E-state index contributed by atoms with van der Waals surface area (Å²) in [5.41, 5.74) is 4.31. The van der Waals surface area contributed by atoms with Crippen LogP contribution in [0.3, 0.4) is 0 Å². The fourth-order valence-electron chi connectivity index (χ4n) is 2.00. The maximum atomic E-state index is 14.1. The van der Waals surface area contributed by atoms with Gasteiger partial charge in [0.1, 0.15) is 0 Å². The topological polar surface area (TPSA) is 52.3 Å². The largest absolute Gasteiger partial charge is 0.465 e. The van der Waals surface area contributed by atoms with Gasteiger partial charge in [0.25, 0.3) is 0 Å². The molecule has 3 nitrogen and oxygen atoms in total. The molecule has 1 aromatic rings. The van der Waals surface area contributed by atoms with Gasteiger partial charge < -0.3 is 10.5 Å². The fraction of sp³-hybridized carbons (Fsp3) is 0.500. The molecule has 0 bridgehead atoms. The molecule has 0 saturated carbocycles. The van der Waals surface area contributed by atoms with E-state index in [0.29, 0.717) is 0 Å². The number of carbonyl (C=O) groups is 1. The highest BCUT2D eigenvalue weighted by atomic mass is 19.2. The minimum absolute atomic E-state index is 0.0446. The van der Waals surface area contributed by atoms with Gasteiger partial charge in [-0.25, -0.2) is 8.78 Å². The number of nitrogen functional groups attached to an aromatic ring is 1. The molecule has 106 valence electrons. The van der Waals surface area contributed by atoms with E-state index in [4.69, 9.17) is 10.5 Å². The second-order valence-corrected chi connectivity index (χ2v) is 4.90. The summed E-state index contributed by atoms with van der Waals surface area (Å²) in [6.07, 6.45) is 0. The lowest BCUT2D eigenvalue weighted by Gasteiger charge is -2.33. The van der Waals surface area contributed by atoms with Crippen molar-refractivity contribution in [2.24, 2.45) is 5.92 Å². The van der Waals surface area contributed by atoms with Crippen LogP contribution in [0.5, 0.6) is 0 Å². The van der Waals surface area contributed by atoms with Crippen LogP contribution < -0.4 is 5.73 Å². The van der Waals surface area contributed by atoms with Crippen LogP contribution in [0, 0.1) is 17.6 Å². The number of esters is 1. The van der Waals surface area contributed by atoms with Crippen LogP contribution >= 0.6 is 0 Å². The Bertz CT molecular complexity index is 489. The lowest BCUT2D eigenvalue weighted by Crippen LogP contribution is -2.41. The van der Waals surface area contributed by atoms with Crippen molar-refractivity contribution in [3.05, 3.63) is 29.3 Å². The third-order valence-electron chi connectivity index (χ3n) is 3.50. The molecule has 0 aliphatic rings. The molecule has 1 rings (SSSR count). The van der Waals surface area contributed by atoms with Crippen molar-refractivity contribution in [2.75, 3.05) is 12.3 Å². The Labute approximate surface area is 111 Å². The average molecular weight is 271 g/mol. The van der Waals surface area contributed by atoms with Crippen molar-refractivity contribution in [1.29, 1.82) is 0 Å². The quantitative estimate of drug-likeness (QED) is 0.676. The lowest BCUT2D eigenvalue weighted by molar-refractivity contribution is -0.151. The first-order chi connectivity index (χ1) is 8.76. The van der Waals surface area contributed by atoms with Crippen molar-refractivity contribution < 1.29 is 18.3 Å². The SMILES string of the molecule is CCOC(=O)C(C)(c1c(N)ccc(F)c1F)C(C)C. The highest BCUT2D eigenvalue weighted by Gasteiger charge is 2.44. The van der Waals surface area contributed by atoms with Crippen LogP contribution in [0.25, 0.3) is 0 Å². The van der Waals surface area contributed by atoms with Gasteiger partial charge in [-0.3, -0.25) is 4.79 Å². The zero-order valence-electron chi connectivity index (χ0n) is 11.6. The highest BCUT2D eigenvalue weighted by Crippen LogP contribution is 2.39. The second kappa shape index (κ2) is 5.55. The molecule has 0 spiro atoms. The summed E-state index contributed by atoms with van der Waals surface area (Å²) in [7, 11) is 0. The van der Waals surface area contributed by atoms with E-state index in [-0.39, 0.29) is 23.8 Å². The summed E-state index contributed by atoms with van der Waals surface area (Å²) in [4.78, 5) is 12.2. The van der Waals surface area contributed by atoms with Crippen molar-refractivity contribution in [2.45, 2.75) is 33.1 Å². The normalized spacial score (nSPS) is 14.3. The van der Waals surface area contributed by atoms with Crippen LogP contribution in [0.2, 0.25) is 0 Å². The van der Waals surface area contributed by atoms with E-state index in [1.54, 1.807) is 20.8 Å². The summed E-state index contributed by atoms with van der Waals surface area (Å²) < 4.78 is 32.5. The smallest absolute Gasteiger partial charge is 0.316 e. The number of anilines is 1. The van der Waals surface area contributed by atoms with Gasteiger partial charge in [0.2, 0.25) is 0 Å². The summed E-state index contributed by atoms with van der Waals surface area (Å²) >= 11 is 0. The van der Waals surface area contributed by atoms with E-state index < -0.39 is 23.0 Å². The number of ether oxygens (including phenoxy) is 1. The molecule has 0 saturated heterocycles. The molecule has 0 aromatic heterocycles. The first kappa shape index (κ1) is 15.4. The lowest BCUT2D eigenvalue weighted by atomic mass is 9.72. The molecule has 0 fully saturated rings. The van der Waals surface area contributed by atoms with Crippen LogP contribution in [0.1, 0.15) is 33.3 Å². The van der Waals surface area contributed by atoms with Crippen LogP contribution in [0.4, 0.5) is 14.5 Å². The average Bonchev–Trinajstić information content (AvgIpc) is 2.34. The summed E-state index contributed by atoms with van der Waals surface area (Å²) in [6.45, 7) is 6.81. The zero-order chi connectivity index (χ0) is 14.8. The Balaban J connectivity index is 3.51. The Morgan fingerprint density at radius 3 is 2.47 bits per heavy atom. The van der Waals surface area contributed by atoms with Gasteiger partial charge in [0.05, 0.1) is 12.0 Å². The third-order valence-corrected chi connectivity index (χ3v) is 3.50. The molecule has 0 aliphatic carbocycles. The molecule has 0 heterocycles. The molecular formula is C14H19F2NO2. The number of nitrogens with two attached hydrogens (primary N) is 1. The highest BCUT2D eigenvalue weighted by molar-refractivity contribution is 5.85. The fourth-order valence-corrected chi connectivity index (χ4v) is 2.00. The van der Waals surface area contributed by atoms with Crippen LogP contribution in [0.15, 0.2) is 12.1 Å². The van der Waals surface area contributed by atoms with E-state index in [0.717, 1.165) is 6.07 Å². The second-order valence-electron chi connectivity index (χ2n) is 4.90. The van der Waals surface area contributed by atoms with Gasteiger partial charge in [-0.15, -0.1) is 0 Å². The molecular weight excluding hydrogens is 252 g/mol. The summed E-state index contributed by atoms with van der Waals surface area (Å²) in [5.74, 6) is -3.03. The van der Waals surface area contributed by atoms with Gasteiger partial charge in [-0.05, 0) is 31.9 Å². The van der Waals surface area contributed by atoms with Gasteiger partial charge in [-0.2, -0.15) is 0 Å². The van der Waals surface area contributed by atoms with E-state index in [1.807, 2.05) is 0 Å². The van der Waals surface area contributed by atoms with Crippen molar-refractivity contribution in [3.63, 3.8) is 0 Å². The van der Waals surface area contributed by atoms with Gasteiger partial charge in [0, 0.05) is 11.3 Å². The maximum Gasteiger partial charge on any atom is 0.316 e. The minimum atomic E-state index is -1.33. The molecule has 0 aliphatic heterocycles. The maximum absolute atomic E-state index is 14.1. The Morgan fingerprint density at radius 2 is 2.00 bits per heavy atom. The number of benzene rings is 1. The zero-order valence-corrected chi connectivity index (χ0v) is 11.6. The molecule has 1 atom stereocenters. The molecule has 1 unspecified atom stereocenters. The number of carbonyl (C=O) groups excluding carboxylic acids is 1. The van der Waals surface area contributed by atoms with Crippen molar-refractivity contribution >= 4 is 11.7 Å². The number of halogens is 2. The molecule has 5 heteroatoms. The summed E-state index contributed by atoms with van der Waals surface area (Å²) in [5, 5.41) is 0. The number of hydrogen-bond acceptors (Lipinski definition) is 3. The molecule has 0 radical (unpaired) electrons. The monoisotopic (exact) mass is 271 g/mol. The first-order valence-electron chi connectivity index (χ1n) is 6.17. The first-order valence-corrected chi connectivity index (χ1v) is 6.17. The van der Waals surface area contributed by atoms with E-state index >= 15 is 0 Å². The standard InChI is InChI=1S/C14H19F2NO2/c1-5-19-13(18)14(4,8(2)3)11-10(17)7-6-9(15)12(11)16/h6-8H,5,17H2,1-4H3. The van der Waals surface area contributed by atoms with Gasteiger partial charge in [-0.1, -0.05) is 13.8 Å². The number of rotatable bonds is 4. The number of hydrogen-bond donors (Lipinski definition) is 1. The van der Waals surface area contributed by atoms with Crippen molar-refractivity contribution in [3.8, 4) is 0 Å². The van der Waals surface area contributed by atoms with Crippen molar-refractivity contribution in [1.82, 2.24) is 0 Å². The Morgan fingerprint density at radius 1 is 1.42 bits per heavy atom. The van der Waals surface area contributed by atoms with Gasteiger partial charge in [0.15, 0.2) is 11.6 Å².